The Bertz CT molecular complexity index is 272. The molecule has 6 heteroatoms. The van der Waals surface area contributed by atoms with E-state index in [1.807, 2.05) is 0 Å². The van der Waals surface area contributed by atoms with Crippen LogP contribution >= 0.6 is 0 Å². The first-order chi connectivity index (χ1) is 7.88. The van der Waals surface area contributed by atoms with Crippen molar-refractivity contribution in [2.75, 3.05) is 6.54 Å². The van der Waals surface area contributed by atoms with E-state index >= 15 is 0 Å². The number of benzene rings is 1. The lowest BCUT2D eigenvalue weighted by Crippen LogP contribution is -2.03. The number of unbranched alkanes of at least 4 members (excludes halogenated alkanes) is 1. The molecular formula is C11H14F5N. The van der Waals surface area contributed by atoms with Gasteiger partial charge in [-0.05, 0) is 19.9 Å². The third kappa shape index (κ3) is 3.96. The zero-order valence-electron chi connectivity index (χ0n) is 9.59. The Hall–Kier alpha value is -1.17. The molecule has 98 valence electrons. The van der Waals surface area contributed by atoms with Crippen molar-refractivity contribution < 1.29 is 22.0 Å². The highest BCUT2D eigenvalue weighted by atomic mass is 19.2. The first-order valence-corrected chi connectivity index (χ1v) is 5.06. The Morgan fingerprint density at radius 2 is 1.18 bits per heavy atom. The molecule has 1 aromatic carbocycles. The lowest BCUT2D eigenvalue weighted by atomic mass is 10.2. The second-order valence-corrected chi connectivity index (χ2v) is 3.34. The van der Waals surface area contributed by atoms with Gasteiger partial charge in [0.1, 0.15) is 0 Å². The van der Waals surface area contributed by atoms with E-state index in [0.29, 0.717) is 0 Å². The molecular weight excluding hydrogens is 241 g/mol. The maximum atomic E-state index is 12.4. The van der Waals surface area contributed by atoms with Crippen molar-refractivity contribution in [3.8, 4) is 0 Å². The van der Waals surface area contributed by atoms with Crippen molar-refractivity contribution in [1.82, 2.24) is 0 Å². The topological polar surface area (TPSA) is 26.0 Å². The molecule has 0 aliphatic carbocycles. The van der Waals surface area contributed by atoms with Crippen LogP contribution in [0.25, 0.3) is 0 Å². The largest absolute Gasteiger partial charge is 0.330 e. The van der Waals surface area contributed by atoms with Crippen LogP contribution in [0.4, 0.5) is 22.0 Å². The molecule has 1 nitrogen and oxygen atoms in total. The second kappa shape index (κ2) is 7.21. The summed E-state index contributed by atoms with van der Waals surface area (Å²) in [6.45, 7) is 3.79. The van der Waals surface area contributed by atoms with E-state index in [9.17, 15) is 22.0 Å². The van der Waals surface area contributed by atoms with Gasteiger partial charge in [-0.15, -0.1) is 0 Å². The maximum Gasteiger partial charge on any atom is 0.200 e. The third-order valence-corrected chi connectivity index (χ3v) is 1.99. The second-order valence-electron chi connectivity index (χ2n) is 3.34. The molecule has 0 bridgehead atoms. The van der Waals surface area contributed by atoms with Crippen molar-refractivity contribution in [2.24, 2.45) is 5.73 Å². The molecule has 17 heavy (non-hydrogen) atoms. The molecule has 1 aromatic rings. The molecule has 0 amide bonds. The van der Waals surface area contributed by atoms with Gasteiger partial charge >= 0.3 is 0 Å². The maximum absolute atomic E-state index is 12.4. The summed E-state index contributed by atoms with van der Waals surface area (Å²) in [5.74, 6) is -9.52. The summed E-state index contributed by atoms with van der Waals surface area (Å²) in [6, 6.07) is 0. The summed E-state index contributed by atoms with van der Waals surface area (Å²) in [4.78, 5) is 0. The molecule has 2 N–H and O–H groups in total. The van der Waals surface area contributed by atoms with E-state index in [0.717, 1.165) is 13.5 Å². The van der Waals surface area contributed by atoms with Crippen molar-refractivity contribution in [3.63, 3.8) is 0 Å². The van der Waals surface area contributed by atoms with Crippen molar-refractivity contribution in [3.05, 3.63) is 34.6 Å². The van der Waals surface area contributed by atoms with Crippen LogP contribution in [-0.4, -0.2) is 6.54 Å². The van der Waals surface area contributed by atoms with Gasteiger partial charge in [0.25, 0.3) is 0 Å². The Labute approximate surface area is 96.4 Å². The Balaban J connectivity index is 0.000000437. The summed E-state index contributed by atoms with van der Waals surface area (Å²) in [6.07, 6.45) is 2.39. The van der Waals surface area contributed by atoms with E-state index in [1.165, 1.54) is 12.8 Å². The molecule has 0 fully saturated rings. The van der Waals surface area contributed by atoms with Crippen LogP contribution in [0.2, 0.25) is 0 Å². The van der Waals surface area contributed by atoms with Gasteiger partial charge in [0.05, 0.1) is 0 Å². The third-order valence-electron chi connectivity index (χ3n) is 1.99. The molecule has 0 spiro atoms. The lowest BCUT2D eigenvalue weighted by Gasteiger charge is -2.02. The molecule has 0 saturated heterocycles. The van der Waals surface area contributed by atoms with Crippen LogP contribution in [0, 0.1) is 36.0 Å². The molecule has 0 heterocycles. The zero-order valence-corrected chi connectivity index (χ0v) is 9.59. The van der Waals surface area contributed by atoms with E-state index in [1.54, 1.807) is 0 Å². The first-order valence-electron chi connectivity index (χ1n) is 5.06. The minimum Gasteiger partial charge on any atom is -0.330 e. The molecule has 0 unspecified atom stereocenters. The minimum atomic E-state index is -2.13. The van der Waals surface area contributed by atoms with Gasteiger partial charge in [-0.1, -0.05) is 13.3 Å². The fourth-order valence-corrected chi connectivity index (χ4v) is 0.919. The average Bonchev–Trinajstić information content (AvgIpc) is 2.33. The monoisotopic (exact) mass is 255 g/mol. The highest BCUT2D eigenvalue weighted by Gasteiger charge is 2.22. The summed E-state index contributed by atoms with van der Waals surface area (Å²) in [5.41, 5.74) is 4.27. The number of halogens is 5. The van der Waals surface area contributed by atoms with Crippen LogP contribution in [0.3, 0.4) is 0 Å². The summed E-state index contributed by atoms with van der Waals surface area (Å²) >= 11 is 0. The standard InChI is InChI=1S/C7H3F5.C4H11N/c1-2-3(8)5(10)7(12)6(11)4(2)9;1-2-3-4-5/h1H3;2-5H2,1H3. The van der Waals surface area contributed by atoms with Crippen LogP contribution in [0.1, 0.15) is 25.3 Å². The Kier molecular flexibility index (Phi) is 6.72. The highest BCUT2D eigenvalue weighted by molar-refractivity contribution is 5.22. The number of hydrogen-bond donors (Lipinski definition) is 1. The number of hydrogen-bond acceptors (Lipinski definition) is 1. The van der Waals surface area contributed by atoms with Crippen LogP contribution in [0.15, 0.2) is 0 Å². The van der Waals surface area contributed by atoms with Gasteiger partial charge in [-0.3, -0.25) is 0 Å². The van der Waals surface area contributed by atoms with E-state index in [4.69, 9.17) is 5.73 Å². The van der Waals surface area contributed by atoms with Crippen molar-refractivity contribution in [2.45, 2.75) is 26.7 Å². The quantitative estimate of drug-likeness (QED) is 0.489. The van der Waals surface area contributed by atoms with Crippen molar-refractivity contribution in [1.29, 1.82) is 0 Å². The SMILES string of the molecule is CCCCN.Cc1c(F)c(F)c(F)c(F)c1F. The van der Waals surface area contributed by atoms with Gasteiger partial charge in [0.15, 0.2) is 23.3 Å². The fraction of sp³-hybridized carbons (Fsp3) is 0.455. The van der Waals surface area contributed by atoms with Gasteiger partial charge in [-0.25, -0.2) is 22.0 Å². The predicted octanol–water partition coefficient (Wildman–Crippen LogP) is 3.44. The molecule has 0 radical (unpaired) electrons. The van der Waals surface area contributed by atoms with E-state index in [2.05, 4.69) is 6.92 Å². The Morgan fingerprint density at radius 1 is 0.824 bits per heavy atom. The van der Waals surface area contributed by atoms with Gasteiger partial charge in [0.2, 0.25) is 5.82 Å². The zero-order chi connectivity index (χ0) is 13.6. The number of rotatable bonds is 2. The van der Waals surface area contributed by atoms with Gasteiger partial charge in [0, 0.05) is 5.56 Å². The van der Waals surface area contributed by atoms with Gasteiger partial charge in [-0.2, -0.15) is 0 Å². The highest BCUT2D eigenvalue weighted by Crippen LogP contribution is 2.21. The molecule has 0 atom stereocenters. The van der Waals surface area contributed by atoms with Gasteiger partial charge < -0.3 is 5.73 Å². The summed E-state index contributed by atoms with van der Waals surface area (Å²) in [7, 11) is 0. The smallest absolute Gasteiger partial charge is 0.200 e. The Morgan fingerprint density at radius 3 is 1.41 bits per heavy atom. The molecule has 0 saturated carbocycles. The molecule has 1 rings (SSSR count). The van der Waals surface area contributed by atoms with Crippen LogP contribution < -0.4 is 5.73 Å². The molecule has 0 aromatic heterocycles. The summed E-state index contributed by atoms with van der Waals surface area (Å²) < 4.78 is 61.6. The van der Waals surface area contributed by atoms with E-state index < -0.39 is 34.6 Å². The predicted molar refractivity (Wildman–Crippen MR) is 54.9 cm³/mol. The lowest BCUT2D eigenvalue weighted by molar-refractivity contribution is 0.373. The average molecular weight is 255 g/mol. The van der Waals surface area contributed by atoms with Crippen LogP contribution in [0.5, 0.6) is 0 Å². The fourth-order valence-electron chi connectivity index (χ4n) is 0.919. The van der Waals surface area contributed by atoms with Crippen molar-refractivity contribution >= 4 is 0 Å². The first kappa shape index (κ1) is 15.8. The molecule has 0 aliphatic heterocycles. The van der Waals surface area contributed by atoms with Crippen LogP contribution in [-0.2, 0) is 0 Å². The normalized spacial score (nSPS) is 9.88. The van der Waals surface area contributed by atoms with E-state index in [-0.39, 0.29) is 0 Å². The molecule has 0 aliphatic rings. The minimum absolute atomic E-state index is 0.816. The number of nitrogens with two attached hydrogens (primary N) is 1. The summed E-state index contributed by atoms with van der Waals surface area (Å²) in [5, 5.41) is 0.